The van der Waals surface area contributed by atoms with Gasteiger partial charge in [0, 0.05) is 18.1 Å². The van der Waals surface area contributed by atoms with Crippen molar-refractivity contribution >= 4 is 22.4 Å². The first kappa shape index (κ1) is 15.0. The van der Waals surface area contributed by atoms with Crippen molar-refractivity contribution in [1.82, 2.24) is 9.78 Å². The van der Waals surface area contributed by atoms with Crippen LogP contribution in [0.1, 0.15) is 21.6 Å². The number of aryl methyl sites for hydroxylation is 3. The van der Waals surface area contributed by atoms with E-state index in [9.17, 15) is 9.59 Å². The summed E-state index contributed by atoms with van der Waals surface area (Å²) in [6, 6.07) is 12.8. The molecule has 0 aliphatic carbocycles. The van der Waals surface area contributed by atoms with Crippen molar-refractivity contribution < 1.29 is 4.79 Å². The molecule has 5 heteroatoms. The maximum absolute atomic E-state index is 12.6. The van der Waals surface area contributed by atoms with Gasteiger partial charge in [-0.3, -0.25) is 9.59 Å². The molecule has 0 atom stereocenters. The van der Waals surface area contributed by atoms with Crippen molar-refractivity contribution in [2.45, 2.75) is 13.8 Å². The maximum Gasteiger partial charge on any atom is 0.276 e. The minimum Gasteiger partial charge on any atom is -0.320 e. The highest BCUT2D eigenvalue weighted by atomic mass is 16.2. The predicted octanol–water partition coefficient (Wildman–Crippen LogP) is 2.80. The smallest absolute Gasteiger partial charge is 0.276 e. The van der Waals surface area contributed by atoms with Crippen LogP contribution in [0.4, 0.5) is 5.69 Å². The van der Waals surface area contributed by atoms with Gasteiger partial charge in [-0.15, -0.1) is 0 Å². The van der Waals surface area contributed by atoms with Crippen LogP contribution in [0.15, 0.2) is 47.3 Å². The topological polar surface area (TPSA) is 64.0 Å². The molecule has 3 rings (SSSR count). The summed E-state index contributed by atoms with van der Waals surface area (Å²) in [5.74, 6) is -0.330. The average molecular weight is 307 g/mol. The van der Waals surface area contributed by atoms with Crippen molar-refractivity contribution in [3.8, 4) is 0 Å². The van der Waals surface area contributed by atoms with Crippen LogP contribution in [-0.4, -0.2) is 15.7 Å². The van der Waals surface area contributed by atoms with E-state index < -0.39 is 0 Å². The molecule has 1 amide bonds. The van der Waals surface area contributed by atoms with Crippen LogP contribution in [0, 0.1) is 13.8 Å². The third-order valence-electron chi connectivity index (χ3n) is 3.80. The molecule has 1 aromatic heterocycles. The van der Waals surface area contributed by atoms with Crippen LogP contribution in [0.5, 0.6) is 0 Å². The molecular weight excluding hydrogens is 290 g/mol. The zero-order valence-electron chi connectivity index (χ0n) is 13.3. The summed E-state index contributed by atoms with van der Waals surface area (Å²) < 4.78 is 1.19. The van der Waals surface area contributed by atoms with Gasteiger partial charge in [0.15, 0.2) is 5.69 Å². The normalized spacial score (nSPS) is 10.7. The number of hydrogen-bond acceptors (Lipinski definition) is 3. The lowest BCUT2D eigenvalue weighted by molar-refractivity contribution is 0.102. The van der Waals surface area contributed by atoms with Crippen LogP contribution >= 0.6 is 0 Å². The number of nitrogens with zero attached hydrogens (tertiary/aromatic N) is 2. The van der Waals surface area contributed by atoms with E-state index in [-0.39, 0.29) is 17.2 Å². The van der Waals surface area contributed by atoms with Crippen molar-refractivity contribution in [2.75, 3.05) is 5.32 Å². The van der Waals surface area contributed by atoms with Crippen LogP contribution in [0.25, 0.3) is 10.8 Å². The molecule has 0 saturated heterocycles. The highest BCUT2D eigenvalue weighted by molar-refractivity contribution is 6.11. The Morgan fingerprint density at radius 1 is 1.09 bits per heavy atom. The molecule has 3 aromatic rings. The van der Waals surface area contributed by atoms with Gasteiger partial charge in [0.05, 0.1) is 5.39 Å². The van der Waals surface area contributed by atoms with Crippen LogP contribution in [-0.2, 0) is 7.05 Å². The van der Waals surface area contributed by atoms with E-state index in [1.54, 1.807) is 31.3 Å². The molecule has 0 aliphatic rings. The van der Waals surface area contributed by atoms with Gasteiger partial charge < -0.3 is 5.32 Å². The first-order valence-corrected chi connectivity index (χ1v) is 7.32. The molecule has 0 unspecified atom stereocenters. The summed E-state index contributed by atoms with van der Waals surface area (Å²) >= 11 is 0. The summed E-state index contributed by atoms with van der Waals surface area (Å²) in [5, 5.41) is 8.05. The third-order valence-corrected chi connectivity index (χ3v) is 3.80. The number of hydrogen-bond donors (Lipinski definition) is 1. The van der Waals surface area contributed by atoms with E-state index >= 15 is 0 Å². The fourth-order valence-corrected chi connectivity index (χ4v) is 2.60. The number of aromatic nitrogens is 2. The highest BCUT2D eigenvalue weighted by Gasteiger charge is 2.16. The molecule has 5 nitrogen and oxygen atoms in total. The molecule has 1 N–H and O–H groups in total. The lowest BCUT2D eigenvalue weighted by Gasteiger charge is -2.11. The molecule has 0 radical (unpaired) electrons. The number of anilines is 1. The standard InChI is InChI=1S/C18H17N3O2/c1-11-8-9-15(12(2)10-11)19-17(22)16-13-6-4-5-7-14(13)18(23)21(3)20-16/h4-10H,1-3H3,(H,19,22). The van der Waals surface area contributed by atoms with Crippen molar-refractivity contribution in [2.24, 2.45) is 7.05 Å². The van der Waals surface area contributed by atoms with E-state index in [4.69, 9.17) is 0 Å². The average Bonchev–Trinajstić information content (AvgIpc) is 2.53. The molecule has 0 spiro atoms. The second kappa shape index (κ2) is 5.68. The first-order chi connectivity index (χ1) is 11.0. The number of carbonyl (C=O) groups is 1. The fraction of sp³-hybridized carbons (Fsp3) is 0.167. The van der Waals surface area contributed by atoms with E-state index in [2.05, 4.69) is 10.4 Å². The minimum absolute atomic E-state index is 0.219. The first-order valence-electron chi connectivity index (χ1n) is 7.32. The molecule has 0 saturated carbocycles. The maximum atomic E-state index is 12.6. The van der Waals surface area contributed by atoms with E-state index in [1.807, 2.05) is 32.0 Å². The summed E-state index contributed by atoms with van der Waals surface area (Å²) in [4.78, 5) is 24.8. The lowest BCUT2D eigenvalue weighted by atomic mass is 10.1. The molecule has 2 aromatic carbocycles. The Kier molecular flexibility index (Phi) is 3.70. The SMILES string of the molecule is Cc1ccc(NC(=O)c2nn(C)c(=O)c3ccccc23)c(C)c1. The largest absolute Gasteiger partial charge is 0.320 e. The number of benzene rings is 2. The molecular formula is C18H17N3O2. The monoisotopic (exact) mass is 307 g/mol. The van der Waals surface area contributed by atoms with Gasteiger partial charge in [-0.1, -0.05) is 35.9 Å². The predicted molar refractivity (Wildman–Crippen MR) is 90.9 cm³/mol. The Bertz CT molecular complexity index is 974. The van der Waals surface area contributed by atoms with Gasteiger partial charge in [0.2, 0.25) is 0 Å². The third kappa shape index (κ3) is 2.73. The summed E-state index contributed by atoms with van der Waals surface area (Å²) in [6.45, 7) is 3.94. The Labute approximate surface area is 133 Å². The lowest BCUT2D eigenvalue weighted by Crippen LogP contribution is -2.25. The quantitative estimate of drug-likeness (QED) is 0.792. The summed E-state index contributed by atoms with van der Waals surface area (Å²) in [6.07, 6.45) is 0. The van der Waals surface area contributed by atoms with Crippen LogP contribution in [0.3, 0.4) is 0 Å². The van der Waals surface area contributed by atoms with E-state index in [1.165, 1.54) is 4.68 Å². The number of nitrogens with one attached hydrogen (secondary N) is 1. The Balaban J connectivity index is 2.08. The Morgan fingerprint density at radius 3 is 2.48 bits per heavy atom. The number of rotatable bonds is 2. The van der Waals surface area contributed by atoms with Gasteiger partial charge in [-0.2, -0.15) is 5.10 Å². The fourth-order valence-electron chi connectivity index (χ4n) is 2.60. The molecule has 116 valence electrons. The second-order valence-electron chi connectivity index (χ2n) is 5.60. The molecule has 0 bridgehead atoms. The molecule has 1 heterocycles. The van der Waals surface area contributed by atoms with E-state index in [0.717, 1.165) is 16.8 Å². The van der Waals surface area contributed by atoms with Crippen molar-refractivity contribution in [1.29, 1.82) is 0 Å². The molecule has 23 heavy (non-hydrogen) atoms. The number of fused-ring (bicyclic) bond motifs is 1. The highest BCUT2D eigenvalue weighted by Crippen LogP contribution is 2.19. The van der Waals surface area contributed by atoms with Crippen LogP contribution < -0.4 is 10.9 Å². The Hall–Kier alpha value is -2.95. The van der Waals surface area contributed by atoms with Gasteiger partial charge in [-0.05, 0) is 31.5 Å². The van der Waals surface area contributed by atoms with Crippen LogP contribution in [0.2, 0.25) is 0 Å². The zero-order chi connectivity index (χ0) is 16.6. The Morgan fingerprint density at radius 2 is 1.78 bits per heavy atom. The van der Waals surface area contributed by atoms with Gasteiger partial charge >= 0.3 is 0 Å². The zero-order valence-corrected chi connectivity index (χ0v) is 13.3. The summed E-state index contributed by atoms with van der Waals surface area (Å²) in [7, 11) is 1.54. The number of amides is 1. The van der Waals surface area contributed by atoms with E-state index in [0.29, 0.717) is 10.8 Å². The van der Waals surface area contributed by atoms with Crippen molar-refractivity contribution in [3.63, 3.8) is 0 Å². The molecule has 0 aliphatic heterocycles. The minimum atomic E-state index is -0.330. The van der Waals surface area contributed by atoms with Gasteiger partial charge in [0.1, 0.15) is 0 Å². The van der Waals surface area contributed by atoms with Gasteiger partial charge in [-0.25, -0.2) is 4.68 Å². The summed E-state index contributed by atoms with van der Waals surface area (Å²) in [5.41, 5.74) is 2.87. The van der Waals surface area contributed by atoms with Gasteiger partial charge in [0.25, 0.3) is 11.5 Å². The number of carbonyl (C=O) groups excluding carboxylic acids is 1. The second-order valence-corrected chi connectivity index (χ2v) is 5.60. The van der Waals surface area contributed by atoms with Crippen molar-refractivity contribution in [3.05, 3.63) is 69.6 Å². The molecule has 0 fully saturated rings.